The van der Waals surface area contributed by atoms with Crippen LogP contribution >= 0.6 is 0 Å². The number of rotatable bonds is 9. The van der Waals surface area contributed by atoms with Crippen LogP contribution in [0.2, 0.25) is 0 Å². The Morgan fingerprint density at radius 3 is 2.60 bits per heavy atom. The molecule has 10 heteroatoms. The number of morpholine rings is 1. The number of pyridine rings is 2. The molecule has 35 heavy (non-hydrogen) atoms. The van der Waals surface area contributed by atoms with Gasteiger partial charge in [0.2, 0.25) is 0 Å². The Kier molecular flexibility index (Phi) is 7.94. The average Bonchev–Trinajstić information content (AvgIpc) is 3.32. The number of hydrogen-bond donors (Lipinski definition) is 3. The van der Waals surface area contributed by atoms with E-state index in [1.54, 1.807) is 28.9 Å². The van der Waals surface area contributed by atoms with Gasteiger partial charge in [0.1, 0.15) is 17.2 Å². The standard InChI is InChI=1S/C25H32N6O4/c1-17(2)12-19(16-32)29-25(34)21-15-27-23-20(4-3-7-31(21)23)24(33)28-14-18-5-6-22(26-13-18)30-8-10-35-11-9-30/h3-7,13,15,17,19,32H,8-12,14,16H2,1-2H3,(H,28,33)(H,29,34)/t19-/m0/s1. The van der Waals surface area contributed by atoms with Crippen LogP contribution in [0.25, 0.3) is 5.65 Å². The van der Waals surface area contributed by atoms with E-state index in [1.807, 2.05) is 26.0 Å². The number of amides is 2. The highest BCUT2D eigenvalue weighted by molar-refractivity contribution is 6.01. The third kappa shape index (κ3) is 5.95. The molecule has 0 aromatic carbocycles. The van der Waals surface area contributed by atoms with Gasteiger partial charge in [-0.1, -0.05) is 19.9 Å². The van der Waals surface area contributed by atoms with Crippen LogP contribution in [0.4, 0.5) is 5.82 Å². The van der Waals surface area contributed by atoms with Crippen molar-refractivity contribution in [3.05, 3.63) is 59.7 Å². The number of carbonyl (C=O) groups is 2. The van der Waals surface area contributed by atoms with Gasteiger partial charge in [-0.15, -0.1) is 0 Å². The number of carbonyl (C=O) groups excluding carboxylic acids is 2. The van der Waals surface area contributed by atoms with Crippen LogP contribution in [-0.2, 0) is 11.3 Å². The van der Waals surface area contributed by atoms with Crippen molar-refractivity contribution in [3.63, 3.8) is 0 Å². The summed E-state index contributed by atoms with van der Waals surface area (Å²) in [5, 5.41) is 15.3. The molecule has 1 aliphatic heterocycles. The summed E-state index contributed by atoms with van der Waals surface area (Å²) < 4.78 is 6.97. The van der Waals surface area contributed by atoms with Crippen LogP contribution in [0.1, 0.15) is 46.7 Å². The van der Waals surface area contributed by atoms with Gasteiger partial charge in [0, 0.05) is 32.0 Å². The summed E-state index contributed by atoms with van der Waals surface area (Å²) in [7, 11) is 0. The first kappa shape index (κ1) is 24.6. The van der Waals surface area contributed by atoms with Gasteiger partial charge < -0.3 is 25.4 Å². The highest BCUT2D eigenvalue weighted by Crippen LogP contribution is 2.15. The maximum Gasteiger partial charge on any atom is 0.270 e. The summed E-state index contributed by atoms with van der Waals surface area (Å²) >= 11 is 0. The van der Waals surface area contributed by atoms with E-state index in [9.17, 15) is 14.7 Å². The zero-order chi connectivity index (χ0) is 24.8. The Balaban J connectivity index is 1.42. The molecule has 0 radical (unpaired) electrons. The molecular weight excluding hydrogens is 448 g/mol. The molecule has 3 N–H and O–H groups in total. The first-order valence-corrected chi connectivity index (χ1v) is 11.9. The minimum Gasteiger partial charge on any atom is -0.394 e. The van der Waals surface area contributed by atoms with Crippen LogP contribution in [0, 0.1) is 5.92 Å². The lowest BCUT2D eigenvalue weighted by atomic mass is 10.0. The Hall–Kier alpha value is -3.50. The van der Waals surface area contributed by atoms with Gasteiger partial charge in [-0.3, -0.25) is 14.0 Å². The van der Waals surface area contributed by atoms with E-state index in [1.165, 1.54) is 6.20 Å². The third-order valence-electron chi connectivity index (χ3n) is 5.92. The lowest BCUT2D eigenvalue weighted by molar-refractivity contribution is 0.0900. The fourth-order valence-corrected chi connectivity index (χ4v) is 4.14. The number of nitrogens with zero attached hydrogens (tertiary/aromatic N) is 4. The number of hydrogen-bond acceptors (Lipinski definition) is 7. The molecule has 0 aliphatic carbocycles. The van der Waals surface area contributed by atoms with Gasteiger partial charge in [0.15, 0.2) is 0 Å². The monoisotopic (exact) mass is 480 g/mol. The van der Waals surface area contributed by atoms with E-state index in [-0.39, 0.29) is 24.5 Å². The van der Waals surface area contributed by atoms with Crippen molar-refractivity contribution < 1.29 is 19.4 Å². The number of nitrogens with one attached hydrogen (secondary N) is 2. The predicted molar refractivity (Wildman–Crippen MR) is 131 cm³/mol. The van der Waals surface area contributed by atoms with Crippen molar-refractivity contribution >= 4 is 23.3 Å². The number of aromatic nitrogens is 3. The van der Waals surface area contributed by atoms with Crippen molar-refractivity contribution in [2.45, 2.75) is 32.9 Å². The van der Waals surface area contributed by atoms with E-state index in [0.29, 0.717) is 49.0 Å². The normalized spacial score (nSPS) is 14.8. The fourth-order valence-electron chi connectivity index (χ4n) is 4.14. The molecule has 1 fully saturated rings. The topological polar surface area (TPSA) is 121 Å². The van der Waals surface area contributed by atoms with Gasteiger partial charge in [0.25, 0.3) is 11.8 Å². The maximum atomic E-state index is 12.9. The van der Waals surface area contributed by atoms with Gasteiger partial charge >= 0.3 is 0 Å². The summed E-state index contributed by atoms with van der Waals surface area (Å²) in [6, 6.07) is 6.94. The quantitative estimate of drug-likeness (QED) is 0.426. The number of anilines is 1. The SMILES string of the molecule is CC(C)C[C@@H](CO)NC(=O)c1cnc2c(C(=O)NCc3ccc(N4CCOCC4)nc3)cccn12. The average molecular weight is 481 g/mol. The zero-order valence-electron chi connectivity index (χ0n) is 20.1. The summed E-state index contributed by atoms with van der Waals surface area (Å²) in [5.41, 5.74) is 1.94. The second-order valence-corrected chi connectivity index (χ2v) is 9.05. The zero-order valence-corrected chi connectivity index (χ0v) is 20.1. The molecule has 1 atom stereocenters. The number of ether oxygens (including phenoxy) is 1. The summed E-state index contributed by atoms with van der Waals surface area (Å²) in [4.78, 5) is 36.7. The van der Waals surface area contributed by atoms with E-state index in [4.69, 9.17) is 4.74 Å². The predicted octanol–water partition coefficient (Wildman–Crippen LogP) is 1.63. The van der Waals surface area contributed by atoms with Crippen molar-refractivity contribution in [1.82, 2.24) is 25.0 Å². The molecule has 4 rings (SSSR count). The molecule has 1 aliphatic rings. The van der Waals surface area contributed by atoms with Gasteiger partial charge in [0.05, 0.1) is 37.6 Å². The Morgan fingerprint density at radius 2 is 1.91 bits per heavy atom. The lowest BCUT2D eigenvalue weighted by Gasteiger charge is -2.27. The highest BCUT2D eigenvalue weighted by atomic mass is 16.5. The molecule has 10 nitrogen and oxygen atoms in total. The van der Waals surface area contributed by atoms with Crippen LogP contribution in [0.15, 0.2) is 42.9 Å². The minimum absolute atomic E-state index is 0.142. The summed E-state index contributed by atoms with van der Waals surface area (Å²) in [6.07, 6.45) is 5.56. The number of aliphatic hydroxyl groups excluding tert-OH is 1. The number of imidazole rings is 1. The van der Waals surface area contributed by atoms with E-state index in [0.717, 1.165) is 24.5 Å². The van der Waals surface area contributed by atoms with Crippen molar-refractivity contribution in [3.8, 4) is 0 Å². The van der Waals surface area contributed by atoms with Gasteiger partial charge in [-0.05, 0) is 36.1 Å². The number of fused-ring (bicyclic) bond motifs is 1. The van der Waals surface area contributed by atoms with Gasteiger partial charge in [-0.25, -0.2) is 9.97 Å². The molecule has 186 valence electrons. The molecule has 4 heterocycles. The van der Waals surface area contributed by atoms with Crippen molar-refractivity contribution in [2.24, 2.45) is 5.92 Å². The van der Waals surface area contributed by atoms with E-state index >= 15 is 0 Å². The Bertz CT molecular complexity index is 1150. The van der Waals surface area contributed by atoms with E-state index < -0.39 is 0 Å². The summed E-state index contributed by atoms with van der Waals surface area (Å²) in [6.45, 7) is 7.26. The summed E-state index contributed by atoms with van der Waals surface area (Å²) in [5.74, 6) is 0.587. The van der Waals surface area contributed by atoms with Crippen LogP contribution < -0.4 is 15.5 Å². The van der Waals surface area contributed by atoms with E-state index in [2.05, 4.69) is 25.5 Å². The molecule has 0 spiro atoms. The molecule has 0 unspecified atom stereocenters. The second-order valence-electron chi connectivity index (χ2n) is 9.05. The number of aliphatic hydroxyl groups is 1. The minimum atomic E-state index is -0.346. The molecule has 0 saturated carbocycles. The van der Waals surface area contributed by atoms with Crippen LogP contribution in [0.5, 0.6) is 0 Å². The molecule has 2 amide bonds. The largest absolute Gasteiger partial charge is 0.394 e. The molecule has 0 bridgehead atoms. The third-order valence-corrected chi connectivity index (χ3v) is 5.92. The Morgan fingerprint density at radius 1 is 1.11 bits per heavy atom. The second kappa shape index (κ2) is 11.3. The maximum absolute atomic E-state index is 12.9. The molecule has 3 aromatic rings. The first-order chi connectivity index (χ1) is 17.0. The lowest BCUT2D eigenvalue weighted by Crippen LogP contribution is -2.38. The van der Waals surface area contributed by atoms with Crippen LogP contribution in [0.3, 0.4) is 0 Å². The van der Waals surface area contributed by atoms with Gasteiger partial charge in [-0.2, -0.15) is 0 Å². The highest BCUT2D eigenvalue weighted by Gasteiger charge is 2.20. The Labute approximate surface area is 204 Å². The molecule has 3 aromatic heterocycles. The fraction of sp³-hybridized carbons (Fsp3) is 0.440. The van der Waals surface area contributed by atoms with Crippen molar-refractivity contribution in [1.29, 1.82) is 0 Å². The van der Waals surface area contributed by atoms with Crippen molar-refractivity contribution in [2.75, 3.05) is 37.8 Å². The molecular formula is C25H32N6O4. The smallest absolute Gasteiger partial charge is 0.270 e. The molecule has 1 saturated heterocycles. The van der Waals surface area contributed by atoms with Crippen LogP contribution in [-0.4, -0.2) is 70.2 Å². The first-order valence-electron chi connectivity index (χ1n) is 11.9.